The second-order valence-electron chi connectivity index (χ2n) is 9.03. The number of hydrogen-bond donors (Lipinski definition) is 2. The molecule has 4 rings (SSSR count). The minimum absolute atomic E-state index is 0.167. The first-order chi connectivity index (χ1) is 11.8. The number of hydrogen-bond acceptors (Lipinski definition) is 4. The van der Waals surface area contributed by atoms with Gasteiger partial charge in [0.25, 0.3) is 0 Å². The average Bonchev–Trinajstić information content (AvgIpc) is 3.01. The van der Waals surface area contributed by atoms with Crippen LogP contribution in [0.4, 0.5) is 0 Å². The maximum Gasteiger partial charge on any atom is 0.314 e. The number of aliphatic hydroxyl groups is 1. The Morgan fingerprint density at radius 2 is 1.96 bits per heavy atom. The van der Waals surface area contributed by atoms with E-state index in [1.807, 2.05) is 0 Å². The predicted molar refractivity (Wildman–Crippen MR) is 90.5 cm³/mol. The highest BCUT2D eigenvalue weighted by atomic mass is 16.5. The Hall–Kier alpha value is -1.36. The molecule has 5 heteroatoms. The number of aliphatic carboxylic acids is 1. The third-order valence-corrected chi connectivity index (χ3v) is 8.33. The van der Waals surface area contributed by atoms with E-state index in [4.69, 9.17) is 4.74 Å². The molecule has 8 atom stereocenters. The van der Waals surface area contributed by atoms with Gasteiger partial charge in [-0.05, 0) is 74.5 Å². The molecule has 1 spiro atoms. The average molecular weight is 348 g/mol. The van der Waals surface area contributed by atoms with E-state index in [0.717, 1.165) is 32.1 Å². The minimum atomic E-state index is -1.15. The number of carboxylic acid groups (broad SMARTS) is 1. The quantitative estimate of drug-likeness (QED) is 0.592. The van der Waals surface area contributed by atoms with Crippen LogP contribution in [0.15, 0.2) is 12.2 Å². The van der Waals surface area contributed by atoms with Gasteiger partial charge in [0.2, 0.25) is 0 Å². The summed E-state index contributed by atoms with van der Waals surface area (Å²) >= 11 is 0. The van der Waals surface area contributed by atoms with Gasteiger partial charge in [0.05, 0.1) is 24.5 Å². The summed E-state index contributed by atoms with van der Waals surface area (Å²) in [6, 6.07) is 0. The summed E-state index contributed by atoms with van der Waals surface area (Å²) in [4.78, 5) is 25.1. The number of rotatable bonds is 2. The molecule has 0 saturated heterocycles. The zero-order valence-electron chi connectivity index (χ0n) is 15.0. The second kappa shape index (κ2) is 5.32. The first-order valence-corrected chi connectivity index (χ1v) is 9.44. The molecule has 4 fully saturated rings. The molecule has 4 aliphatic rings. The lowest BCUT2D eigenvalue weighted by Crippen LogP contribution is -2.54. The SMILES string of the molecule is C=C1CC23CC1CCC2C1CCC(O)C(C)(C(=O)OC)C1C3C(=O)O. The van der Waals surface area contributed by atoms with Crippen LogP contribution in [0.25, 0.3) is 0 Å². The fourth-order valence-corrected chi connectivity index (χ4v) is 7.40. The Morgan fingerprint density at radius 3 is 2.60 bits per heavy atom. The molecule has 138 valence electrons. The smallest absolute Gasteiger partial charge is 0.314 e. The van der Waals surface area contributed by atoms with Gasteiger partial charge in [-0.2, -0.15) is 0 Å². The molecule has 0 aromatic heterocycles. The summed E-state index contributed by atoms with van der Waals surface area (Å²) in [6.07, 6.45) is 4.23. The number of methoxy groups -OCH3 is 1. The van der Waals surface area contributed by atoms with Crippen molar-refractivity contribution < 1.29 is 24.5 Å². The third-order valence-electron chi connectivity index (χ3n) is 8.33. The number of carbonyl (C=O) groups is 2. The maximum absolute atomic E-state index is 12.7. The first kappa shape index (κ1) is 17.1. The summed E-state index contributed by atoms with van der Waals surface area (Å²) < 4.78 is 5.04. The van der Waals surface area contributed by atoms with Crippen LogP contribution in [0, 0.1) is 40.4 Å². The molecule has 0 amide bonds. The molecule has 8 unspecified atom stereocenters. The predicted octanol–water partition coefficient (Wildman–Crippen LogP) is 2.63. The molecule has 25 heavy (non-hydrogen) atoms. The van der Waals surface area contributed by atoms with E-state index >= 15 is 0 Å². The van der Waals surface area contributed by atoms with Crippen molar-refractivity contribution in [2.24, 2.45) is 40.4 Å². The monoisotopic (exact) mass is 348 g/mol. The van der Waals surface area contributed by atoms with Crippen LogP contribution in [0.2, 0.25) is 0 Å². The van der Waals surface area contributed by atoms with Crippen molar-refractivity contribution in [3.63, 3.8) is 0 Å². The van der Waals surface area contributed by atoms with Crippen molar-refractivity contribution in [2.45, 2.75) is 51.6 Å². The second-order valence-corrected chi connectivity index (χ2v) is 9.03. The summed E-state index contributed by atoms with van der Waals surface area (Å²) in [5.74, 6) is -1.36. The van der Waals surface area contributed by atoms with Crippen molar-refractivity contribution in [3.05, 3.63) is 12.2 Å². The van der Waals surface area contributed by atoms with Crippen LogP contribution in [0.3, 0.4) is 0 Å². The van der Waals surface area contributed by atoms with Gasteiger partial charge >= 0.3 is 11.9 Å². The van der Waals surface area contributed by atoms with Crippen LogP contribution in [0.5, 0.6) is 0 Å². The largest absolute Gasteiger partial charge is 0.481 e. The summed E-state index contributed by atoms with van der Waals surface area (Å²) in [5, 5.41) is 20.9. The molecule has 4 saturated carbocycles. The molecule has 0 aromatic carbocycles. The zero-order chi connectivity index (χ0) is 18.1. The summed E-state index contributed by atoms with van der Waals surface area (Å²) in [6.45, 7) is 5.96. The number of carbonyl (C=O) groups excluding carboxylic acids is 1. The number of esters is 1. The molecule has 0 radical (unpaired) electrons. The topological polar surface area (TPSA) is 83.8 Å². The number of allylic oxidation sites excluding steroid dienone is 1. The maximum atomic E-state index is 12.7. The molecule has 0 heterocycles. The van der Waals surface area contributed by atoms with Gasteiger partial charge < -0.3 is 14.9 Å². The summed E-state index contributed by atoms with van der Waals surface area (Å²) in [7, 11) is 1.33. The first-order valence-electron chi connectivity index (χ1n) is 9.44. The number of carboxylic acids is 1. The van der Waals surface area contributed by atoms with Crippen molar-refractivity contribution >= 4 is 11.9 Å². The van der Waals surface area contributed by atoms with Gasteiger partial charge in [0, 0.05) is 0 Å². The van der Waals surface area contributed by atoms with Crippen LogP contribution in [-0.2, 0) is 14.3 Å². The number of fused-ring (bicyclic) bond motifs is 3. The lowest BCUT2D eigenvalue weighted by molar-refractivity contribution is -0.177. The molecule has 2 bridgehead atoms. The molecule has 0 aromatic rings. The Morgan fingerprint density at radius 1 is 1.24 bits per heavy atom. The van der Waals surface area contributed by atoms with E-state index in [1.54, 1.807) is 6.92 Å². The Balaban J connectivity index is 1.87. The standard InChI is InChI=1S/C20H28O5/c1-10-8-20-9-11(10)4-6-13(20)12-5-7-14(21)19(2,18(24)25-3)15(12)16(20)17(22)23/h11-16,21H,1,4-9H2,2-3H3,(H,22,23). The number of ether oxygens (including phenoxy) is 1. The lowest BCUT2D eigenvalue weighted by Gasteiger charge is -2.46. The van der Waals surface area contributed by atoms with Crippen LogP contribution < -0.4 is 0 Å². The zero-order valence-corrected chi connectivity index (χ0v) is 15.0. The molecular formula is C20H28O5. The number of aliphatic hydroxyl groups excluding tert-OH is 1. The Bertz CT molecular complexity index is 642. The van der Waals surface area contributed by atoms with Crippen molar-refractivity contribution in [1.29, 1.82) is 0 Å². The van der Waals surface area contributed by atoms with Crippen LogP contribution in [0.1, 0.15) is 45.4 Å². The highest BCUT2D eigenvalue weighted by Crippen LogP contribution is 2.73. The molecule has 0 aliphatic heterocycles. The fraction of sp³-hybridized carbons (Fsp3) is 0.800. The molecule has 5 nitrogen and oxygen atoms in total. The highest BCUT2D eigenvalue weighted by Gasteiger charge is 2.72. The lowest BCUT2D eigenvalue weighted by atomic mass is 9.58. The van der Waals surface area contributed by atoms with E-state index in [2.05, 4.69) is 6.58 Å². The highest BCUT2D eigenvalue weighted by molar-refractivity contribution is 5.81. The van der Waals surface area contributed by atoms with Gasteiger partial charge in [-0.3, -0.25) is 9.59 Å². The molecular weight excluding hydrogens is 320 g/mol. The Labute approximate surface area is 148 Å². The van der Waals surface area contributed by atoms with E-state index in [9.17, 15) is 19.8 Å². The van der Waals surface area contributed by atoms with Crippen molar-refractivity contribution in [3.8, 4) is 0 Å². The normalized spacial score (nSPS) is 50.9. The van der Waals surface area contributed by atoms with Gasteiger partial charge in [-0.1, -0.05) is 12.2 Å². The van der Waals surface area contributed by atoms with Gasteiger partial charge in [0.1, 0.15) is 0 Å². The van der Waals surface area contributed by atoms with E-state index in [-0.39, 0.29) is 17.3 Å². The van der Waals surface area contributed by atoms with E-state index < -0.39 is 29.4 Å². The van der Waals surface area contributed by atoms with Crippen LogP contribution >= 0.6 is 0 Å². The third kappa shape index (κ3) is 1.93. The fourth-order valence-electron chi connectivity index (χ4n) is 7.40. The molecule has 2 N–H and O–H groups in total. The van der Waals surface area contributed by atoms with Gasteiger partial charge in [-0.25, -0.2) is 0 Å². The van der Waals surface area contributed by atoms with Crippen LogP contribution in [-0.4, -0.2) is 35.4 Å². The molecule has 4 aliphatic carbocycles. The Kier molecular flexibility index (Phi) is 3.63. The van der Waals surface area contributed by atoms with Crippen molar-refractivity contribution in [2.75, 3.05) is 7.11 Å². The van der Waals surface area contributed by atoms with Gasteiger partial charge in [0.15, 0.2) is 0 Å². The summed E-state index contributed by atoms with van der Waals surface area (Å²) in [5.41, 5.74) is -0.250. The van der Waals surface area contributed by atoms with Crippen molar-refractivity contribution in [1.82, 2.24) is 0 Å². The minimum Gasteiger partial charge on any atom is -0.481 e. The van der Waals surface area contributed by atoms with E-state index in [0.29, 0.717) is 18.3 Å². The van der Waals surface area contributed by atoms with E-state index in [1.165, 1.54) is 12.7 Å². The van der Waals surface area contributed by atoms with Gasteiger partial charge in [-0.15, -0.1) is 0 Å².